The number of methoxy groups -OCH3 is 2. The molecule has 1 heterocycles. The first-order valence-corrected chi connectivity index (χ1v) is 9.04. The molecule has 0 aliphatic carbocycles. The summed E-state index contributed by atoms with van der Waals surface area (Å²) in [7, 11) is 3.20. The van der Waals surface area contributed by atoms with E-state index in [9.17, 15) is 9.59 Å². The van der Waals surface area contributed by atoms with E-state index in [0.29, 0.717) is 44.2 Å². The van der Waals surface area contributed by atoms with E-state index in [1.54, 1.807) is 19.1 Å². The standard InChI is InChI=1S/C19H29N3O4/c1-5-21(6-2)18(23)12-15-19(24)20-9-10-22(15)13-14-7-8-16(25-3)17(11-14)26-4/h7-8,11,15H,5-6,9-10,12-13H2,1-4H3,(H,20,24). The first-order chi connectivity index (χ1) is 12.5. The lowest BCUT2D eigenvalue weighted by Gasteiger charge is -2.35. The summed E-state index contributed by atoms with van der Waals surface area (Å²) < 4.78 is 10.6. The maximum Gasteiger partial charge on any atom is 0.237 e. The van der Waals surface area contributed by atoms with E-state index in [1.165, 1.54) is 0 Å². The largest absolute Gasteiger partial charge is 0.493 e. The molecule has 7 heteroatoms. The summed E-state index contributed by atoms with van der Waals surface area (Å²) in [4.78, 5) is 28.7. The summed E-state index contributed by atoms with van der Waals surface area (Å²) >= 11 is 0. The molecular weight excluding hydrogens is 334 g/mol. The Morgan fingerprint density at radius 3 is 2.54 bits per heavy atom. The van der Waals surface area contributed by atoms with Gasteiger partial charge < -0.3 is 19.7 Å². The molecule has 1 atom stereocenters. The van der Waals surface area contributed by atoms with Gasteiger partial charge in [0.1, 0.15) is 0 Å². The molecule has 1 aliphatic rings. The molecule has 2 rings (SSSR count). The minimum Gasteiger partial charge on any atom is -0.493 e. The monoisotopic (exact) mass is 363 g/mol. The number of hydrogen-bond donors (Lipinski definition) is 1. The molecule has 7 nitrogen and oxygen atoms in total. The van der Waals surface area contributed by atoms with E-state index in [4.69, 9.17) is 9.47 Å². The van der Waals surface area contributed by atoms with Crippen LogP contribution in [0.1, 0.15) is 25.8 Å². The summed E-state index contributed by atoms with van der Waals surface area (Å²) in [6.45, 7) is 7.06. The van der Waals surface area contributed by atoms with Gasteiger partial charge in [0, 0.05) is 32.7 Å². The van der Waals surface area contributed by atoms with Crippen LogP contribution >= 0.6 is 0 Å². The number of piperazine rings is 1. The Hall–Kier alpha value is -2.28. The van der Waals surface area contributed by atoms with Gasteiger partial charge in [0.2, 0.25) is 11.8 Å². The van der Waals surface area contributed by atoms with Gasteiger partial charge in [0.05, 0.1) is 26.7 Å². The minimum atomic E-state index is -0.454. The highest BCUT2D eigenvalue weighted by atomic mass is 16.5. The van der Waals surface area contributed by atoms with Crippen molar-refractivity contribution in [2.45, 2.75) is 32.9 Å². The van der Waals surface area contributed by atoms with Gasteiger partial charge in [-0.2, -0.15) is 0 Å². The van der Waals surface area contributed by atoms with Crippen LogP contribution in [0, 0.1) is 0 Å². The second kappa shape index (κ2) is 9.43. The summed E-state index contributed by atoms with van der Waals surface area (Å²) in [5, 5.41) is 2.87. The van der Waals surface area contributed by atoms with Gasteiger partial charge in [0.15, 0.2) is 11.5 Å². The molecule has 0 spiro atoms. The van der Waals surface area contributed by atoms with Gasteiger partial charge >= 0.3 is 0 Å². The smallest absolute Gasteiger partial charge is 0.237 e. The first kappa shape index (κ1) is 20.0. The third kappa shape index (κ3) is 4.66. The van der Waals surface area contributed by atoms with E-state index < -0.39 is 6.04 Å². The SMILES string of the molecule is CCN(CC)C(=O)CC1C(=O)NCCN1Cc1ccc(OC)c(OC)c1. The van der Waals surface area contributed by atoms with Crippen molar-refractivity contribution in [3.63, 3.8) is 0 Å². The fraction of sp³-hybridized carbons (Fsp3) is 0.579. The molecule has 2 amide bonds. The van der Waals surface area contributed by atoms with E-state index in [0.717, 1.165) is 5.56 Å². The Morgan fingerprint density at radius 1 is 1.23 bits per heavy atom. The zero-order valence-corrected chi connectivity index (χ0v) is 16.1. The van der Waals surface area contributed by atoms with Crippen molar-refractivity contribution < 1.29 is 19.1 Å². The Morgan fingerprint density at radius 2 is 1.92 bits per heavy atom. The molecule has 1 aromatic rings. The highest BCUT2D eigenvalue weighted by molar-refractivity contribution is 5.88. The van der Waals surface area contributed by atoms with Gasteiger partial charge in [-0.25, -0.2) is 0 Å². The van der Waals surface area contributed by atoms with Crippen molar-refractivity contribution >= 4 is 11.8 Å². The van der Waals surface area contributed by atoms with Gasteiger partial charge in [0.25, 0.3) is 0 Å². The second-order valence-electron chi connectivity index (χ2n) is 6.24. The number of nitrogens with one attached hydrogen (secondary N) is 1. The second-order valence-corrected chi connectivity index (χ2v) is 6.24. The molecule has 0 radical (unpaired) electrons. The lowest BCUT2D eigenvalue weighted by molar-refractivity contribution is -0.138. The van der Waals surface area contributed by atoms with Crippen molar-refractivity contribution in [3.8, 4) is 11.5 Å². The highest BCUT2D eigenvalue weighted by Crippen LogP contribution is 2.28. The molecular formula is C19H29N3O4. The quantitative estimate of drug-likeness (QED) is 0.753. The number of benzene rings is 1. The minimum absolute atomic E-state index is 0.00867. The molecule has 0 bridgehead atoms. The van der Waals surface area contributed by atoms with Crippen molar-refractivity contribution in [2.75, 3.05) is 40.4 Å². The Kier molecular flexibility index (Phi) is 7.26. The van der Waals surface area contributed by atoms with E-state index in [-0.39, 0.29) is 18.2 Å². The fourth-order valence-electron chi connectivity index (χ4n) is 3.26. The molecule has 1 aromatic carbocycles. The third-order valence-corrected chi connectivity index (χ3v) is 4.76. The molecule has 0 aromatic heterocycles. The van der Waals surface area contributed by atoms with Crippen molar-refractivity contribution in [1.82, 2.24) is 15.1 Å². The van der Waals surface area contributed by atoms with Gasteiger partial charge in [-0.1, -0.05) is 6.07 Å². The number of nitrogens with zero attached hydrogens (tertiary/aromatic N) is 2. The van der Waals surface area contributed by atoms with Crippen LogP contribution in [-0.2, 0) is 16.1 Å². The van der Waals surface area contributed by atoms with E-state index in [2.05, 4.69) is 10.2 Å². The summed E-state index contributed by atoms with van der Waals surface area (Å²) in [6, 6.07) is 5.27. The van der Waals surface area contributed by atoms with Crippen LogP contribution < -0.4 is 14.8 Å². The summed E-state index contributed by atoms with van der Waals surface area (Å²) in [5.41, 5.74) is 1.01. The van der Waals surface area contributed by atoms with E-state index in [1.807, 2.05) is 32.0 Å². The Bertz CT molecular complexity index is 631. The number of amides is 2. The Balaban J connectivity index is 2.14. The van der Waals surface area contributed by atoms with Gasteiger partial charge in [-0.3, -0.25) is 14.5 Å². The molecule has 1 fully saturated rings. The number of carbonyl (C=O) groups is 2. The van der Waals surface area contributed by atoms with Crippen LogP contribution in [0.5, 0.6) is 11.5 Å². The number of ether oxygens (including phenoxy) is 2. The van der Waals surface area contributed by atoms with Crippen molar-refractivity contribution in [1.29, 1.82) is 0 Å². The zero-order valence-electron chi connectivity index (χ0n) is 16.1. The van der Waals surface area contributed by atoms with Gasteiger partial charge in [-0.15, -0.1) is 0 Å². The summed E-state index contributed by atoms with van der Waals surface area (Å²) in [6.07, 6.45) is 0.195. The van der Waals surface area contributed by atoms with E-state index >= 15 is 0 Å². The van der Waals surface area contributed by atoms with Gasteiger partial charge in [-0.05, 0) is 31.5 Å². The number of rotatable bonds is 8. The Labute approximate surface area is 155 Å². The normalized spacial score (nSPS) is 17.5. The summed E-state index contributed by atoms with van der Waals surface area (Å²) in [5.74, 6) is 1.25. The van der Waals surface area contributed by atoms with Crippen LogP contribution in [0.3, 0.4) is 0 Å². The van der Waals surface area contributed by atoms with Crippen LogP contribution in [0.15, 0.2) is 18.2 Å². The van der Waals surface area contributed by atoms with Crippen molar-refractivity contribution in [2.24, 2.45) is 0 Å². The zero-order chi connectivity index (χ0) is 19.1. The van der Waals surface area contributed by atoms with Crippen molar-refractivity contribution in [3.05, 3.63) is 23.8 Å². The molecule has 144 valence electrons. The molecule has 1 N–H and O–H groups in total. The molecule has 1 unspecified atom stereocenters. The number of carbonyl (C=O) groups excluding carboxylic acids is 2. The average molecular weight is 363 g/mol. The number of hydrogen-bond acceptors (Lipinski definition) is 5. The lowest BCUT2D eigenvalue weighted by Crippen LogP contribution is -2.56. The maximum absolute atomic E-state index is 12.5. The molecule has 0 saturated carbocycles. The maximum atomic E-state index is 12.5. The predicted molar refractivity (Wildman–Crippen MR) is 99.3 cm³/mol. The molecule has 26 heavy (non-hydrogen) atoms. The molecule has 1 aliphatic heterocycles. The van der Waals surface area contributed by atoms with Crippen LogP contribution in [0.2, 0.25) is 0 Å². The third-order valence-electron chi connectivity index (χ3n) is 4.76. The average Bonchev–Trinajstić information content (AvgIpc) is 2.65. The molecule has 1 saturated heterocycles. The van der Waals surface area contributed by atoms with Crippen LogP contribution in [0.25, 0.3) is 0 Å². The predicted octanol–water partition coefficient (Wildman–Crippen LogP) is 1.26. The lowest BCUT2D eigenvalue weighted by atomic mass is 10.1. The fourth-order valence-corrected chi connectivity index (χ4v) is 3.26. The van der Waals surface area contributed by atoms with Crippen LogP contribution in [-0.4, -0.2) is 68.1 Å². The van der Waals surface area contributed by atoms with Crippen LogP contribution in [0.4, 0.5) is 0 Å². The topological polar surface area (TPSA) is 71.1 Å². The first-order valence-electron chi connectivity index (χ1n) is 9.04. The highest BCUT2D eigenvalue weighted by Gasteiger charge is 2.32.